The van der Waals surface area contributed by atoms with Gasteiger partial charge in [-0.25, -0.2) is 0 Å². The zero-order valence-electron chi connectivity index (χ0n) is 13.5. The first kappa shape index (κ1) is 16.1. The number of aliphatic imine (C=N–C) groups is 1. The number of ether oxygens (including phenoxy) is 1. The molecule has 0 saturated carbocycles. The van der Waals surface area contributed by atoms with Gasteiger partial charge in [0, 0.05) is 13.1 Å². The first-order valence-electron chi connectivity index (χ1n) is 8.26. The van der Waals surface area contributed by atoms with Crippen LogP contribution in [0.15, 0.2) is 34.2 Å². The Balaban J connectivity index is 1.65. The third-order valence-corrected chi connectivity index (χ3v) is 4.93. The number of likely N-dealkylation sites (tertiary alicyclic amines) is 1. The van der Waals surface area contributed by atoms with Crippen molar-refractivity contribution in [3.63, 3.8) is 0 Å². The molecule has 2 heterocycles. The monoisotopic (exact) mass is 330 g/mol. The fraction of sp³-hybridized carbons (Fsp3) is 0.444. The number of rotatable bonds is 4. The van der Waals surface area contributed by atoms with E-state index in [1.807, 2.05) is 30.3 Å². The molecule has 1 aromatic rings. The van der Waals surface area contributed by atoms with Crippen LogP contribution in [-0.4, -0.2) is 35.7 Å². The Kier molecular flexibility index (Phi) is 5.39. The second kappa shape index (κ2) is 7.68. The Morgan fingerprint density at radius 1 is 1.22 bits per heavy atom. The number of carbonyl (C=O) groups is 1. The summed E-state index contributed by atoms with van der Waals surface area (Å²) in [6.07, 6.45) is 6.56. The van der Waals surface area contributed by atoms with Crippen LogP contribution in [0.5, 0.6) is 5.75 Å². The van der Waals surface area contributed by atoms with Crippen LogP contribution in [0.2, 0.25) is 0 Å². The number of benzene rings is 1. The van der Waals surface area contributed by atoms with E-state index < -0.39 is 0 Å². The van der Waals surface area contributed by atoms with E-state index in [0.717, 1.165) is 42.6 Å². The first-order chi connectivity index (χ1) is 11.3. The fourth-order valence-corrected chi connectivity index (χ4v) is 3.61. The van der Waals surface area contributed by atoms with E-state index in [0.29, 0.717) is 4.91 Å². The number of nitrogens with zero attached hydrogens (tertiary/aromatic N) is 2. The Morgan fingerprint density at radius 2 is 1.96 bits per heavy atom. The van der Waals surface area contributed by atoms with Crippen molar-refractivity contribution < 1.29 is 9.53 Å². The summed E-state index contributed by atoms with van der Waals surface area (Å²) in [6.45, 7) is 4.83. The molecule has 0 N–H and O–H groups in total. The van der Waals surface area contributed by atoms with Crippen molar-refractivity contribution in [3.05, 3.63) is 34.7 Å². The van der Waals surface area contributed by atoms with E-state index >= 15 is 0 Å². The van der Waals surface area contributed by atoms with Crippen LogP contribution in [0.4, 0.5) is 0 Å². The van der Waals surface area contributed by atoms with Crippen molar-refractivity contribution in [1.82, 2.24) is 4.90 Å². The fourth-order valence-electron chi connectivity index (χ4n) is 2.65. The highest BCUT2D eigenvalue weighted by Gasteiger charge is 2.26. The minimum absolute atomic E-state index is 0.123. The zero-order valence-corrected chi connectivity index (χ0v) is 14.3. The highest BCUT2D eigenvalue weighted by Crippen LogP contribution is 2.31. The normalized spacial score (nSPS) is 20.0. The standard InChI is InChI=1S/C18H22N2O2S/c1-2-12-22-15-8-6-14(7-9-15)13-16-17(21)19-18(23-16)20-10-4-3-5-11-20/h6-9,13H,2-5,10-12H2,1H3. The summed E-state index contributed by atoms with van der Waals surface area (Å²) < 4.78 is 5.58. The molecule has 2 aliphatic heterocycles. The summed E-state index contributed by atoms with van der Waals surface area (Å²) in [7, 11) is 0. The van der Waals surface area contributed by atoms with Gasteiger partial charge in [-0.1, -0.05) is 19.1 Å². The van der Waals surface area contributed by atoms with Crippen LogP contribution < -0.4 is 4.74 Å². The molecule has 1 fully saturated rings. The molecule has 0 aromatic heterocycles. The molecule has 0 spiro atoms. The quantitative estimate of drug-likeness (QED) is 0.785. The molecule has 0 bridgehead atoms. The molecule has 3 rings (SSSR count). The summed E-state index contributed by atoms with van der Waals surface area (Å²) in [5.41, 5.74) is 1.000. The first-order valence-corrected chi connectivity index (χ1v) is 9.08. The summed E-state index contributed by atoms with van der Waals surface area (Å²) in [5.74, 6) is 0.742. The molecular formula is C18H22N2O2S. The zero-order chi connectivity index (χ0) is 16.1. The van der Waals surface area contributed by atoms with Crippen LogP contribution in [-0.2, 0) is 4.79 Å². The number of piperidine rings is 1. The lowest BCUT2D eigenvalue weighted by atomic mass is 10.1. The van der Waals surface area contributed by atoms with E-state index in [4.69, 9.17) is 4.74 Å². The minimum Gasteiger partial charge on any atom is -0.494 e. The predicted octanol–water partition coefficient (Wildman–Crippen LogP) is 3.93. The van der Waals surface area contributed by atoms with Crippen molar-refractivity contribution in [2.24, 2.45) is 4.99 Å². The van der Waals surface area contributed by atoms with E-state index in [9.17, 15) is 4.79 Å². The van der Waals surface area contributed by atoms with Gasteiger partial charge in [-0.15, -0.1) is 0 Å². The molecule has 1 saturated heterocycles. The number of hydrogen-bond acceptors (Lipinski definition) is 4. The van der Waals surface area contributed by atoms with Crippen molar-refractivity contribution in [2.45, 2.75) is 32.6 Å². The van der Waals surface area contributed by atoms with Gasteiger partial charge in [0.1, 0.15) is 5.75 Å². The van der Waals surface area contributed by atoms with Crippen LogP contribution >= 0.6 is 11.8 Å². The molecule has 23 heavy (non-hydrogen) atoms. The molecular weight excluding hydrogens is 308 g/mol. The maximum absolute atomic E-state index is 12.1. The van der Waals surface area contributed by atoms with Crippen molar-refractivity contribution in [3.8, 4) is 5.75 Å². The lowest BCUT2D eigenvalue weighted by Gasteiger charge is -2.27. The largest absolute Gasteiger partial charge is 0.494 e. The van der Waals surface area contributed by atoms with Gasteiger partial charge < -0.3 is 9.64 Å². The van der Waals surface area contributed by atoms with Gasteiger partial charge in [0.25, 0.3) is 5.91 Å². The molecule has 0 unspecified atom stereocenters. The second-order valence-corrected chi connectivity index (χ2v) is 6.78. The average molecular weight is 330 g/mol. The van der Waals surface area contributed by atoms with Gasteiger partial charge >= 0.3 is 0 Å². The summed E-state index contributed by atoms with van der Waals surface area (Å²) in [6, 6.07) is 7.84. The number of carbonyl (C=O) groups excluding carboxylic acids is 1. The molecule has 122 valence electrons. The Bertz CT molecular complexity index is 616. The minimum atomic E-state index is -0.123. The van der Waals surface area contributed by atoms with Crippen molar-refractivity contribution in [1.29, 1.82) is 0 Å². The van der Waals surface area contributed by atoms with E-state index in [1.54, 1.807) is 0 Å². The lowest BCUT2D eigenvalue weighted by Crippen LogP contribution is -2.33. The number of hydrogen-bond donors (Lipinski definition) is 0. The van der Waals surface area contributed by atoms with Crippen LogP contribution in [0, 0.1) is 0 Å². The van der Waals surface area contributed by atoms with Crippen LogP contribution in [0.3, 0.4) is 0 Å². The summed E-state index contributed by atoms with van der Waals surface area (Å²) in [5, 5.41) is 0.865. The molecule has 0 atom stereocenters. The maximum Gasteiger partial charge on any atom is 0.286 e. The van der Waals surface area contributed by atoms with Crippen LogP contribution in [0.1, 0.15) is 38.2 Å². The van der Waals surface area contributed by atoms with Crippen molar-refractivity contribution >= 4 is 28.9 Å². The molecule has 2 aliphatic rings. The van der Waals surface area contributed by atoms with E-state index in [2.05, 4.69) is 16.8 Å². The van der Waals surface area contributed by atoms with Gasteiger partial charge in [0.2, 0.25) is 0 Å². The number of thioether (sulfide) groups is 1. The molecule has 1 amide bonds. The smallest absolute Gasteiger partial charge is 0.286 e. The number of amidine groups is 1. The Labute approximate surface area is 141 Å². The molecule has 5 heteroatoms. The highest BCUT2D eigenvalue weighted by molar-refractivity contribution is 8.18. The predicted molar refractivity (Wildman–Crippen MR) is 95.7 cm³/mol. The van der Waals surface area contributed by atoms with Crippen molar-refractivity contribution in [2.75, 3.05) is 19.7 Å². The number of amides is 1. The molecule has 0 aliphatic carbocycles. The third kappa shape index (κ3) is 4.16. The third-order valence-electron chi connectivity index (χ3n) is 3.89. The highest BCUT2D eigenvalue weighted by atomic mass is 32.2. The van der Waals surface area contributed by atoms with Gasteiger partial charge in [0.15, 0.2) is 5.17 Å². The molecule has 1 aromatic carbocycles. The van der Waals surface area contributed by atoms with Gasteiger partial charge in [-0.05, 0) is 61.2 Å². The van der Waals surface area contributed by atoms with E-state index in [1.165, 1.54) is 31.0 Å². The maximum atomic E-state index is 12.1. The second-order valence-electron chi connectivity index (χ2n) is 5.78. The van der Waals surface area contributed by atoms with Gasteiger partial charge in [-0.2, -0.15) is 4.99 Å². The summed E-state index contributed by atoms with van der Waals surface area (Å²) in [4.78, 5) is 19.3. The van der Waals surface area contributed by atoms with E-state index in [-0.39, 0.29) is 5.91 Å². The SMILES string of the molecule is CCCOc1ccc(C=C2SC(N3CCCCC3)=NC2=O)cc1. The Morgan fingerprint density at radius 3 is 2.65 bits per heavy atom. The Hall–Kier alpha value is -1.75. The van der Waals surface area contributed by atoms with Gasteiger partial charge in [-0.3, -0.25) is 4.79 Å². The van der Waals surface area contributed by atoms with Crippen LogP contribution in [0.25, 0.3) is 6.08 Å². The average Bonchev–Trinajstić information content (AvgIpc) is 2.96. The summed E-state index contributed by atoms with van der Waals surface area (Å²) >= 11 is 1.49. The lowest BCUT2D eigenvalue weighted by molar-refractivity contribution is -0.113. The molecule has 0 radical (unpaired) electrons. The topological polar surface area (TPSA) is 41.9 Å². The van der Waals surface area contributed by atoms with Gasteiger partial charge in [0.05, 0.1) is 11.5 Å². The molecule has 4 nitrogen and oxygen atoms in total.